The van der Waals surface area contributed by atoms with Crippen molar-refractivity contribution in [2.24, 2.45) is 5.92 Å². The molecule has 2 amide bonds. The van der Waals surface area contributed by atoms with Gasteiger partial charge in [-0.3, -0.25) is 9.59 Å². The second-order valence-corrected chi connectivity index (χ2v) is 6.79. The molecular formula is C16H22N2O2S. The van der Waals surface area contributed by atoms with E-state index in [4.69, 9.17) is 0 Å². The molecule has 114 valence electrons. The third-order valence-electron chi connectivity index (χ3n) is 3.60. The van der Waals surface area contributed by atoms with Gasteiger partial charge in [-0.2, -0.15) is 0 Å². The van der Waals surface area contributed by atoms with Gasteiger partial charge in [0, 0.05) is 17.4 Å². The van der Waals surface area contributed by atoms with Crippen LogP contribution in [0, 0.1) is 19.8 Å². The lowest BCUT2D eigenvalue weighted by Gasteiger charge is -2.25. The number of amides is 2. The van der Waals surface area contributed by atoms with Crippen LogP contribution in [0.2, 0.25) is 0 Å². The molecule has 2 rings (SSSR count). The first-order chi connectivity index (χ1) is 9.90. The van der Waals surface area contributed by atoms with Crippen molar-refractivity contribution in [3.8, 4) is 0 Å². The summed E-state index contributed by atoms with van der Waals surface area (Å²) in [6.45, 7) is 7.73. The van der Waals surface area contributed by atoms with Gasteiger partial charge >= 0.3 is 0 Å². The number of nitrogens with zero attached hydrogens (tertiary/aromatic N) is 1. The van der Waals surface area contributed by atoms with E-state index < -0.39 is 0 Å². The molecule has 1 aromatic carbocycles. The first kappa shape index (κ1) is 15.9. The Morgan fingerprint density at radius 3 is 2.67 bits per heavy atom. The Labute approximate surface area is 130 Å². The van der Waals surface area contributed by atoms with E-state index in [1.807, 2.05) is 45.9 Å². The molecule has 0 spiro atoms. The minimum absolute atomic E-state index is 0.0424. The van der Waals surface area contributed by atoms with Crippen LogP contribution < -0.4 is 5.32 Å². The number of aryl methyl sites for hydroxylation is 2. The molecule has 0 saturated carbocycles. The third-order valence-corrected chi connectivity index (χ3v) is 4.61. The van der Waals surface area contributed by atoms with Crippen LogP contribution in [0.1, 0.15) is 25.0 Å². The normalized spacial score (nSPS) is 18.1. The molecule has 0 unspecified atom stereocenters. The Hall–Kier alpha value is -1.49. The van der Waals surface area contributed by atoms with E-state index >= 15 is 0 Å². The van der Waals surface area contributed by atoms with E-state index in [0.29, 0.717) is 11.6 Å². The van der Waals surface area contributed by atoms with Crippen molar-refractivity contribution in [2.45, 2.75) is 33.7 Å². The van der Waals surface area contributed by atoms with Gasteiger partial charge in [0.25, 0.3) is 0 Å². The maximum absolute atomic E-state index is 12.5. The van der Waals surface area contributed by atoms with Crippen molar-refractivity contribution in [2.75, 3.05) is 16.9 Å². The molecule has 0 aliphatic carbocycles. The lowest BCUT2D eigenvalue weighted by atomic mass is 10.1. The summed E-state index contributed by atoms with van der Waals surface area (Å²) in [5.74, 6) is 1.12. The van der Waals surface area contributed by atoms with Gasteiger partial charge in [-0.1, -0.05) is 31.5 Å². The highest BCUT2D eigenvalue weighted by Gasteiger charge is 2.35. The highest BCUT2D eigenvalue weighted by molar-refractivity contribution is 7.99. The molecule has 4 nitrogen and oxygen atoms in total. The van der Waals surface area contributed by atoms with E-state index in [2.05, 4.69) is 5.32 Å². The van der Waals surface area contributed by atoms with Crippen LogP contribution >= 0.6 is 11.8 Å². The molecule has 21 heavy (non-hydrogen) atoms. The summed E-state index contributed by atoms with van der Waals surface area (Å²) >= 11 is 1.63. The zero-order valence-electron chi connectivity index (χ0n) is 13.0. The number of hydrogen-bond acceptors (Lipinski definition) is 3. The predicted octanol–water partition coefficient (Wildman–Crippen LogP) is 2.80. The summed E-state index contributed by atoms with van der Waals surface area (Å²) < 4.78 is 0. The van der Waals surface area contributed by atoms with Gasteiger partial charge in [-0.05, 0) is 25.5 Å². The molecule has 1 N–H and O–H groups in total. The number of carbonyl (C=O) groups excluding carboxylic acids is 2. The van der Waals surface area contributed by atoms with Crippen molar-refractivity contribution >= 4 is 29.3 Å². The maximum atomic E-state index is 12.5. The van der Waals surface area contributed by atoms with Crippen LogP contribution in [-0.2, 0) is 9.59 Å². The number of hydrogen-bond donors (Lipinski definition) is 1. The highest BCUT2D eigenvalue weighted by atomic mass is 32.2. The number of anilines is 1. The van der Waals surface area contributed by atoms with Gasteiger partial charge in [0.2, 0.25) is 11.8 Å². The minimum atomic E-state index is -0.370. The molecule has 1 atom stereocenters. The number of thioether (sulfide) groups is 1. The van der Waals surface area contributed by atoms with Gasteiger partial charge in [-0.15, -0.1) is 11.8 Å². The van der Waals surface area contributed by atoms with Gasteiger partial charge in [0.15, 0.2) is 0 Å². The first-order valence-corrected chi connectivity index (χ1v) is 8.32. The van der Waals surface area contributed by atoms with E-state index in [-0.39, 0.29) is 23.8 Å². The zero-order valence-corrected chi connectivity index (χ0v) is 13.8. The highest BCUT2D eigenvalue weighted by Crippen LogP contribution is 2.25. The van der Waals surface area contributed by atoms with E-state index in [9.17, 15) is 9.59 Å². The van der Waals surface area contributed by atoms with Gasteiger partial charge < -0.3 is 10.2 Å². The fourth-order valence-electron chi connectivity index (χ4n) is 2.38. The molecule has 1 aromatic rings. The zero-order chi connectivity index (χ0) is 15.6. The van der Waals surface area contributed by atoms with Crippen molar-refractivity contribution in [3.63, 3.8) is 0 Å². The Balaban J connectivity index is 2.10. The molecule has 1 saturated heterocycles. The lowest BCUT2D eigenvalue weighted by Crippen LogP contribution is -2.46. The monoisotopic (exact) mass is 306 g/mol. The van der Waals surface area contributed by atoms with Crippen LogP contribution in [0.3, 0.4) is 0 Å². The average molecular weight is 306 g/mol. The Morgan fingerprint density at radius 2 is 2.05 bits per heavy atom. The quantitative estimate of drug-likeness (QED) is 0.934. The molecule has 1 heterocycles. The summed E-state index contributed by atoms with van der Waals surface area (Å²) in [5.41, 5.74) is 3.02. The summed E-state index contributed by atoms with van der Waals surface area (Å²) in [4.78, 5) is 26.3. The minimum Gasteiger partial charge on any atom is -0.324 e. The smallest absolute Gasteiger partial charge is 0.248 e. The number of rotatable bonds is 3. The largest absolute Gasteiger partial charge is 0.324 e. The van der Waals surface area contributed by atoms with Crippen LogP contribution in [0.4, 0.5) is 5.69 Å². The maximum Gasteiger partial charge on any atom is 0.248 e. The van der Waals surface area contributed by atoms with Crippen molar-refractivity contribution < 1.29 is 9.59 Å². The van der Waals surface area contributed by atoms with E-state index in [1.165, 1.54) is 5.56 Å². The van der Waals surface area contributed by atoms with Crippen LogP contribution in [-0.4, -0.2) is 34.4 Å². The first-order valence-electron chi connectivity index (χ1n) is 7.16. The molecule has 0 aromatic heterocycles. The van der Waals surface area contributed by atoms with Crippen molar-refractivity contribution in [1.82, 2.24) is 4.90 Å². The van der Waals surface area contributed by atoms with Crippen LogP contribution in [0.25, 0.3) is 0 Å². The van der Waals surface area contributed by atoms with Crippen molar-refractivity contribution in [3.05, 3.63) is 29.3 Å². The number of carbonyl (C=O) groups is 2. The number of nitrogens with one attached hydrogen (secondary N) is 1. The predicted molar refractivity (Wildman–Crippen MR) is 87.3 cm³/mol. The second-order valence-electron chi connectivity index (χ2n) is 5.79. The van der Waals surface area contributed by atoms with Crippen LogP contribution in [0.15, 0.2) is 18.2 Å². The fourth-order valence-corrected chi connectivity index (χ4v) is 3.54. The van der Waals surface area contributed by atoms with E-state index in [1.54, 1.807) is 16.7 Å². The van der Waals surface area contributed by atoms with E-state index in [0.717, 1.165) is 11.3 Å². The van der Waals surface area contributed by atoms with Crippen LogP contribution in [0.5, 0.6) is 0 Å². The summed E-state index contributed by atoms with van der Waals surface area (Å²) in [7, 11) is 0. The molecule has 0 radical (unpaired) electrons. The Kier molecular flexibility index (Phi) is 4.93. The second kappa shape index (κ2) is 6.52. The lowest BCUT2D eigenvalue weighted by molar-refractivity contribution is -0.138. The molecule has 0 bridgehead atoms. The summed E-state index contributed by atoms with van der Waals surface area (Å²) in [5, 5.41) is 2.96. The van der Waals surface area contributed by atoms with Crippen molar-refractivity contribution in [1.29, 1.82) is 0 Å². The molecular weight excluding hydrogens is 284 g/mol. The Bertz CT molecular complexity index is 557. The van der Waals surface area contributed by atoms with Gasteiger partial charge in [-0.25, -0.2) is 0 Å². The van der Waals surface area contributed by atoms with Gasteiger partial charge in [0.05, 0.1) is 5.88 Å². The van der Waals surface area contributed by atoms with Gasteiger partial charge in [0.1, 0.15) is 6.04 Å². The third kappa shape index (κ3) is 3.59. The average Bonchev–Trinajstić information content (AvgIpc) is 2.90. The number of benzene rings is 1. The summed E-state index contributed by atoms with van der Waals surface area (Å²) in [6.07, 6.45) is 0. The summed E-state index contributed by atoms with van der Waals surface area (Å²) in [6, 6.07) is 5.56. The molecule has 1 aliphatic heterocycles. The molecule has 5 heteroatoms. The SMILES string of the molecule is Cc1ccc(NC(=O)[C@@H]2CSCN2C(=O)C(C)C)c(C)c1. The molecule has 1 aliphatic rings. The Morgan fingerprint density at radius 1 is 1.33 bits per heavy atom. The fraction of sp³-hybridized carbons (Fsp3) is 0.500. The molecule has 1 fully saturated rings. The standard InChI is InChI=1S/C16H22N2O2S/c1-10(2)16(20)18-9-21-8-14(18)15(19)17-13-6-5-11(3)7-12(13)4/h5-7,10,14H,8-9H2,1-4H3,(H,17,19)/t14-/m0/s1. The topological polar surface area (TPSA) is 49.4 Å².